The van der Waals surface area contributed by atoms with Crippen molar-refractivity contribution in [2.24, 2.45) is 0 Å². The maximum Gasteiger partial charge on any atom is 0.246 e. The third-order valence-electron chi connectivity index (χ3n) is 8.59. The van der Waals surface area contributed by atoms with E-state index in [9.17, 15) is 15.3 Å². The molecule has 1 fully saturated rings. The van der Waals surface area contributed by atoms with Gasteiger partial charge >= 0.3 is 0 Å². The Kier molecular flexibility index (Phi) is 9.43. The van der Waals surface area contributed by atoms with Crippen LogP contribution in [-0.4, -0.2) is 70.4 Å². The zero-order valence-corrected chi connectivity index (χ0v) is 28.0. The standard InChI is InChI=1S/C32H34Cl3F2N7O2/c1-6-20(46)43-12-15(3)44-17(13-43)8-10-42(5)31-23(32(44)39)30(41-28-14(2)7-9-40-29(28)16(4)45)26(37)21(24(31)35)22-25(36)18(33)11-19(34)27(22)38/h6-7,9,11,15-17,39,41,45H,1,8,10,12-13,38H2,2-5H3. The lowest BCUT2D eigenvalue weighted by Crippen LogP contribution is -2.61. The summed E-state index contributed by atoms with van der Waals surface area (Å²) in [4.78, 5) is 22.2. The molecule has 1 aromatic heterocycles. The summed E-state index contributed by atoms with van der Waals surface area (Å²) in [6.07, 6.45) is 2.26. The van der Waals surface area contributed by atoms with Crippen LogP contribution in [0.15, 0.2) is 31.0 Å². The van der Waals surface area contributed by atoms with Crippen molar-refractivity contribution in [1.29, 1.82) is 5.41 Å². The van der Waals surface area contributed by atoms with Gasteiger partial charge in [-0.3, -0.25) is 15.2 Å². The molecule has 3 aromatic rings. The molecule has 2 aliphatic heterocycles. The Morgan fingerprint density at radius 3 is 2.54 bits per heavy atom. The van der Waals surface area contributed by atoms with Gasteiger partial charge in [-0.2, -0.15) is 0 Å². The quantitative estimate of drug-likeness (QED) is 0.130. The highest BCUT2D eigenvalue weighted by Crippen LogP contribution is 2.51. The molecule has 46 heavy (non-hydrogen) atoms. The molecule has 2 aliphatic rings. The van der Waals surface area contributed by atoms with E-state index in [0.717, 1.165) is 6.07 Å². The number of amidine groups is 1. The van der Waals surface area contributed by atoms with Crippen LogP contribution in [0.25, 0.3) is 11.1 Å². The Bertz CT molecular complexity index is 1740. The molecule has 3 heterocycles. The fourth-order valence-electron chi connectivity index (χ4n) is 6.35. The van der Waals surface area contributed by atoms with Crippen molar-refractivity contribution < 1.29 is 18.7 Å². The highest BCUT2D eigenvalue weighted by atomic mass is 35.5. The van der Waals surface area contributed by atoms with E-state index in [2.05, 4.69) is 16.9 Å². The highest BCUT2D eigenvalue weighted by Gasteiger charge is 2.41. The van der Waals surface area contributed by atoms with Crippen LogP contribution in [0.4, 0.5) is 31.5 Å². The van der Waals surface area contributed by atoms with E-state index < -0.39 is 28.9 Å². The van der Waals surface area contributed by atoms with Crippen LogP contribution in [0, 0.1) is 24.0 Å². The molecule has 0 radical (unpaired) electrons. The number of piperazine rings is 1. The first-order valence-electron chi connectivity index (χ1n) is 14.6. The van der Waals surface area contributed by atoms with E-state index >= 15 is 8.78 Å². The Labute approximate surface area is 281 Å². The summed E-state index contributed by atoms with van der Waals surface area (Å²) in [5, 5.41) is 22.6. The number of nitrogen functional groups attached to an aromatic ring is 1. The second-order valence-electron chi connectivity index (χ2n) is 11.6. The van der Waals surface area contributed by atoms with Gasteiger partial charge in [0.05, 0.1) is 61.2 Å². The molecule has 3 unspecified atom stereocenters. The minimum Gasteiger partial charge on any atom is -0.397 e. The van der Waals surface area contributed by atoms with Gasteiger partial charge in [0.1, 0.15) is 5.84 Å². The Hall–Kier alpha value is -3.64. The van der Waals surface area contributed by atoms with E-state index in [4.69, 9.17) is 40.5 Å². The van der Waals surface area contributed by atoms with Crippen LogP contribution in [0.2, 0.25) is 15.1 Å². The first kappa shape index (κ1) is 33.7. The van der Waals surface area contributed by atoms with Gasteiger partial charge < -0.3 is 30.9 Å². The van der Waals surface area contributed by atoms with Crippen molar-refractivity contribution in [3.05, 3.63) is 74.5 Å². The van der Waals surface area contributed by atoms with Gasteiger partial charge in [-0.25, -0.2) is 8.78 Å². The van der Waals surface area contributed by atoms with Gasteiger partial charge in [-0.15, -0.1) is 0 Å². The average Bonchev–Trinajstić information content (AvgIpc) is 3.00. The van der Waals surface area contributed by atoms with Crippen LogP contribution in [0.5, 0.6) is 0 Å². The maximum absolute atomic E-state index is 17.3. The van der Waals surface area contributed by atoms with E-state index in [1.807, 2.05) is 11.8 Å². The first-order chi connectivity index (χ1) is 21.7. The summed E-state index contributed by atoms with van der Waals surface area (Å²) in [7, 11) is 1.74. The highest BCUT2D eigenvalue weighted by molar-refractivity contribution is 6.40. The maximum atomic E-state index is 17.3. The number of aromatic nitrogens is 1. The normalized spacial score (nSPS) is 18.8. The van der Waals surface area contributed by atoms with E-state index in [1.165, 1.54) is 19.2 Å². The van der Waals surface area contributed by atoms with E-state index in [1.54, 1.807) is 29.8 Å². The van der Waals surface area contributed by atoms with Crippen LogP contribution in [-0.2, 0) is 4.79 Å². The van der Waals surface area contributed by atoms with Crippen LogP contribution in [0.1, 0.15) is 43.2 Å². The molecule has 0 aliphatic carbocycles. The fraction of sp³-hybridized carbons (Fsp3) is 0.344. The Morgan fingerprint density at radius 2 is 1.89 bits per heavy atom. The molecule has 244 valence electrons. The molecule has 0 saturated carbocycles. The second kappa shape index (κ2) is 12.9. The summed E-state index contributed by atoms with van der Waals surface area (Å²) in [6, 6.07) is 2.18. The molecule has 14 heteroatoms. The molecule has 0 spiro atoms. The minimum atomic E-state index is -1.04. The molecular formula is C32H34Cl3F2N7O2. The largest absolute Gasteiger partial charge is 0.397 e. The monoisotopic (exact) mass is 691 g/mol. The van der Waals surface area contributed by atoms with E-state index in [-0.39, 0.29) is 67.2 Å². The summed E-state index contributed by atoms with van der Waals surface area (Å²) in [5.74, 6) is -2.31. The summed E-state index contributed by atoms with van der Waals surface area (Å²) >= 11 is 19.5. The molecule has 5 N–H and O–H groups in total. The number of nitrogens with one attached hydrogen (secondary N) is 2. The predicted molar refractivity (Wildman–Crippen MR) is 181 cm³/mol. The second-order valence-corrected chi connectivity index (χ2v) is 12.8. The van der Waals surface area contributed by atoms with Crippen molar-refractivity contribution in [3.63, 3.8) is 0 Å². The number of nitrogens with two attached hydrogens (primary N) is 1. The lowest BCUT2D eigenvalue weighted by atomic mass is 9.92. The first-order valence-corrected chi connectivity index (χ1v) is 15.7. The number of carbonyl (C=O) groups is 1. The number of aliphatic hydroxyl groups is 1. The summed E-state index contributed by atoms with van der Waals surface area (Å²) < 4.78 is 33.1. The number of rotatable bonds is 5. The summed E-state index contributed by atoms with van der Waals surface area (Å²) in [5.41, 5.74) is 6.44. The molecule has 3 atom stereocenters. The number of carbonyl (C=O) groups excluding carboxylic acids is 1. The molecule has 1 amide bonds. The molecule has 2 aromatic carbocycles. The SMILES string of the molecule is C=CC(=O)N1CC(C)N2C(=N)c3c(Nc4c(C)ccnc4C(C)O)c(F)c(-c4c(N)c(Cl)cc(Cl)c4F)c(Cl)c3N(C)CCC2C1. The third-order valence-corrected chi connectivity index (χ3v) is 9.55. The Balaban J connectivity index is 1.85. The number of anilines is 4. The summed E-state index contributed by atoms with van der Waals surface area (Å²) in [6.45, 7) is 9.80. The van der Waals surface area contributed by atoms with Gasteiger partial charge in [0.15, 0.2) is 11.6 Å². The molecule has 9 nitrogen and oxygen atoms in total. The molecule has 5 rings (SSSR count). The third kappa shape index (κ3) is 5.63. The van der Waals surface area contributed by atoms with Crippen molar-refractivity contribution in [2.75, 3.05) is 42.6 Å². The number of benzene rings is 2. The number of pyridine rings is 1. The zero-order valence-electron chi connectivity index (χ0n) is 25.7. The lowest BCUT2D eigenvalue weighted by Gasteiger charge is -2.49. The predicted octanol–water partition coefficient (Wildman–Crippen LogP) is 6.93. The fourth-order valence-corrected chi connectivity index (χ4v) is 7.23. The number of hydrogen-bond acceptors (Lipinski definition) is 7. The van der Waals surface area contributed by atoms with Crippen molar-refractivity contribution >= 4 is 69.3 Å². The molecular weight excluding hydrogens is 659 g/mol. The topological polar surface area (TPSA) is 122 Å². The molecule has 1 saturated heterocycles. The number of fused-ring (bicyclic) bond motifs is 2. The number of aryl methyl sites for hydroxylation is 1. The van der Waals surface area contributed by atoms with E-state index in [0.29, 0.717) is 37.3 Å². The number of halogens is 5. The number of amides is 1. The number of aliphatic hydroxyl groups excluding tert-OH is 1. The van der Waals surface area contributed by atoms with Gasteiger partial charge in [-0.05, 0) is 51.0 Å². The van der Waals surface area contributed by atoms with Gasteiger partial charge in [0.2, 0.25) is 5.91 Å². The van der Waals surface area contributed by atoms with Crippen molar-refractivity contribution in [2.45, 2.75) is 45.4 Å². The Morgan fingerprint density at radius 1 is 1.20 bits per heavy atom. The number of hydrogen-bond donors (Lipinski definition) is 4. The minimum absolute atomic E-state index is 0.0580. The lowest BCUT2D eigenvalue weighted by molar-refractivity contribution is -0.129. The van der Waals surface area contributed by atoms with Crippen molar-refractivity contribution in [1.82, 2.24) is 14.8 Å². The molecule has 0 bridgehead atoms. The van der Waals surface area contributed by atoms with Crippen LogP contribution < -0.4 is 16.0 Å². The number of nitrogens with zero attached hydrogens (tertiary/aromatic N) is 4. The van der Waals surface area contributed by atoms with Crippen LogP contribution >= 0.6 is 34.8 Å². The van der Waals surface area contributed by atoms with Crippen molar-refractivity contribution in [3.8, 4) is 11.1 Å². The van der Waals surface area contributed by atoms with Crippen LogP contribution in [0.3, 0.4) is 0 Å². The van der Waals surface area contributed by atoms with Gasteiger partial charge in [0.25, 0.3) is 0 Å². The zero-order chi connectivity index (χ0) is 33.8. The average molecular weight is 693 g/mol. The smallest absolute Gasteiger partial charge is 0.246 e. The van der Waals surface area contributed by atoms with Gasteiger partial charge in [0, 0.05) is 50.0 Å². The van der Waals surface area contributed by atoms with Gasteiger partial charge in [-0.1, -0.05) is 41.4 Å².